The molecule has 1 unspecified atom stereocenters. The smallest absolute Gasteiger partial charge is 0.191 e. The third kappa shape index (κ3) is 3.62. The molecule has 2 aliphatic carbocycles. The van der Waals surface area contributed by atoms with E-state index in [2.05, 4.69) is 20.5 Å². The Kier molecular flexibility index (Phi) is 4.26. The van der Waals surface area contributed by atoms with E-state index >= 15 is 0 Å². The number of hydrogen-bond donors (Lipinski definition) is 2. The fourth-order valence-corrected chi connectivity index (χ4v) is 3.52. The van der Waals surface area contributed by atoms with Crippen LogP contribution in [-0.4, -0.2) is 49.6 Å². The Labute approximate surface area is 117 Å². The molecule has 4 heteroatoms. The second kappa shape index (κ2) is 6.12. The molecule has 0 radical (unpaired) electrons. The number of rotatable bonds is 4. The van der Waals surface area contributed by atoms with Crippen molar-refractivity contribution in [2.45, 2.75) is 57.0 Å². The Hall–Kier alpha value is -0.770. The zero-order chi connectivity index (χ0) is 13.1. The SMILES string of the molecule is CN=C(NCC1CCCC1)NC1CCN(C2CC2)C1. The second-order valence-electron chi connectivity index (χ2n) is 6.46. The number of aliphatic imine (C=N–C) groups is 1. The third-order valence-corrected chi connectivity index (χ3v) is 4.88. The Morgan fingerprint density at radius 2 is 1.95 bits per heavy atom. The molecule has 3 aliphatic rings. The molecule has 0 aromatic heterocycles. The number of guanidine groups is 1. The van der Waals surface area contributed by atoms with Crippen LogP contribution in [0.5, 0.6) is 0 Å². The van der Waals surface area contributed by atoms with Crippen molar-refractivity contribution in [2.75, 3.05) is 26.7 Å². The van der Waals surface area contributed by atoms with Crippen LogP contribution in [0.15, 0.2) is 4.99 Å². The number of likely N-dealkylation sites (tertiary alicyclic amines) is 1. The minimum atomic E-state index is 0.593. The highest BCUT2D eigenvalue weighted by atomic mass is 15.3. The minimum absolute atomic E-state index is 0.593. The van der Waals surface area contributed by atoms with E-state index in [1.165, 1.54) is 58.0 Å². The highest BCUT2D eigenvalue weighted by molar-refractivity contribution is 5.80. The van der Waals surface area contributed by atoms with Crippen molar-refractivity contribution in [3.63, 3.8) is 0 Å². The quantitative estimate of drug-likeness (QED) is 0.598. The predicted molar refractivity (Wildman–Crippen MR) is 79.5 cm³/mol. The van der Waals surface area contributed by atoms with Gasteiger partial charge < -0.3 is 10.6 Å². The van der Waals surface area contributed by atoms with E-state index in [0.29, 0.717) is 6.04 Å². The van der Waals surface area contributed by atoms with Gasteiger partial charge >= 0.3 is 0 Å². The van der Waals surface area contributed by atoms with Crippen LogP contribution in [0.3, 0.4) is 0 Å². The van der Waals surface area contributed by atoms with Crippen LogP contribution in [0.4, 0.5) is 0 Å². The highest BCUT2D eigenvalue weighted by Gasteiger charge is 2.34. The first-order valence-electron chi connectivity index (χ1n) is 8.06. The van der Waals surface area contributed by atoms with Gasteiger partial charge in [0.05, 0.1) is 0 Å². The summed E-state index contributed by atoms with van der Waals surface area (Å²) in [5.74, 6) is 1.87. The molecule has 0 amide bonds. The molecule has 0 aromatic rings. The Morgan fingerprint density at radius 1 is 1.16 bits per heavy atom. The van der Waals surface area contributed by atoms with Crippen LogP contribution in [0.2, 0.25) is 0 Å². The van der Waals surface area contributed by atoms with E-state index in [9.17, 15) is 0 Å². The molecule has 0 bridgehead atoms. The first-order chi connectivity index (χ1) is 9.35. The first-order valence-corrected chi connectivity index (χ1v) is 8.06. The van der Waals surface area contributed by atoms with Crippen LogP contribution in [-0.2, 0) is 0 Å². The molecular formula is C15H28N4. The van der Waals surface area contributed by atoms with Gasteiger partial charge in [0, 0.05) is 38.8 Å². The van der Waals surface area contributed by atoms with Crippen molar-refractivity contribution in [1.82, 2.24) is 15.5 Å². The zero-order valence-corrected chi connectivity index (χ0v) is 12.2. The van der Waals surface area contributed by atoms with Crippen molar-refractivity contribution in [3.8, 4) is 0 Å². The average Bonchev–Trinajstić information content (AvgIpc) is 2.96. The van der Waals surface area contributed by atoms with Gasteiger partial charge in [-0.25, -0.2) is 0 Å². The summed E-state index contributed by atoms with van der Waals surface area (Å²) >= 11 is 0. The molecule has 1 saturated heterocycles. The topological polar surface area (TPSA) is 39.7 Å². The van der Waals surface area contributed by atoms with E-state index in [4.69, 9.17) is 0 Å². The molecule has 0 aromatic carbocycles. The summed E-state index contributed by atoms with van der Waals surface area (Å²) in [5.41, 5.74) is 0. The molecule has 2 N–H and O–H groups in total. The van der Waals surface area contributed by atoms with Crippen LogP contribution in [0, 0.1) is 5.92 Å². The minimum Gasteiger partial charge on any atom is -0.356 e. The molecule has 108 valence electrons. The van der Waals surface area contributed by atoms with Crippen molar-refractivity contribution in [1.29, 1.82) is 0 Å². The molecule has 1 heterocycles. The average molecular weight is 264 g/mol. The summed E-state index contributed by atoms with van der Waals surface area (Å²) in [6.07, 6.45) is 9.71. The van der Waals surface area contributed by atoms with Gasteiger partial charge in [-0.05, 0) is 38.0 Å². The van der Waals surface area contributed by atoms with Gasteiger partial charge in [0.1, 0.15) is 0 Å². The summed E-state index contributed by atoms with van der Waals surface area (Å²) in [6.45, 7) is 3.56. The van der Waals surface area contributed by atoms with Gasteiger partial charge in [0.2, 0.25) is 0 Å². The highest BCUT2D eigenvalue weighted by Crippen LogP contribution is 2.29. The van der Waals surface area contributed by atoms with E-state index in [1.807, 2.05) is 7.05 Å². The molecule has 1 aliphatic heterocycles. The van der Waals surface area contributed by atoms with Crippen LogP contribution < -0.4 is 10.6 Å². The van der Waals surface area contributed by atoms with Crippen molar-refractivity contribution < 1.29 is 0 Å². The fraction of sp³-hybridized carbons (Fsp3) is 0.933. The third-order valence-electron chi connectivity index (χ3n) is 4.88. The standard InChI is InChI=1S/C15H28N4/c1-16-15(17-10-12-4-2-3-5-12)18-13-8-9-19(11-13)14-6-7-14/h12-14H,2-11H2,1H3,(H2,16,17,18). The predicted octanol–water partition coefficient (Wildman–Crippen LogP) is 1.58. The molecule has 4 nitrogen and oxygen atoms in total. The number of nitrogens with zero attached hydrogens (tertiary/aromatic N) is 2. The lowest BCUT2D eigenvalue weighted by Gasteiger charge is -2.20. The van der Waals surface area contributed by atoms with E-state index in [-0.39, 0.29) is 0 Å². The molecular weight excluding hydrogens is 236 g/mol. The maximum atomic E-state index is 4.37. The first kappa shape index (κ1) is 13.2. The molecule has 3 fully saturated rings. The largest absolute Gasteiger partial charge is 0.356 e. The summed E-state index contributed by atoms with van der Waals surface area (Å²) in [7, 11) is 1.89. The zero-order valence-electron chi connectivity index (χ0n) is 12.2. The van der Waals surface area contributed by atoms with Gasteiger partial charge in [0.25, 0.3) is 0 Å². The monoisotopic (exact) mass is 264 g/mol. The van der Waals surface area contributed by atoms with Gasteiger partial charge in [-0.3, -0.25) is 9.89 Å². The summed E-state index contributed by atoms with van der Waals surface area (Å²) < 4.78 is 0. The van der Waals surface area contributed by atoms with Crippen molar-refractivity contribution >= 4 is 5.96 Å². The number of hydrogen-bond acceptors (Lipinski definition) is 2. The summed E-state index contributed by atoms with van der Waals surface area (Å²) in [5, 5.41) is 7.12. The Balaban J connectivity index is 1.39. The normalized spacial score (nSPS) is 29.9. The van der Waals surface area contributed by atoms with E-state index in [1.54, 1.807) is 0 Å². The van der Waals surface area contributed by atoms with Crippen molar-refractivity contribution in [2.24, 2.45) is 10.9 Å². The van der Waals surface area contributed by atoms with Crippen molar-refractivity contribution in [3.05, 3.63) is 0 Å². The Morgan fingerprint density at radius 3 is 2.63 bits per heavy atom. The lowest BCUT2D eigenvalue weighted by atomic mass is 10.1. The van der Waals surface area contributed by atoms with Crippen LogP contribution >= 0.6 is 0 Å². The van der Waals surface area contributed by atoms with Crippen LogP contribution in [0.1, 0.15) is 44.9 Å². The molecule has 19 heavy (non-hydrogen) atoms. The fourth-order valence-electron chi connectivity index (χ4n) is 3.52. The summed E-state index contributed by atoms with van der Waals surface area (Å²) in [4.78, 5) is 7.01. The Bertz CT molecular complexity index is 318. The number of nitrogens with one attached hydrogen (secondary N) is 2. The van der Waals surface area contributed by atoms with Gasteiger partial charge in [0.15, 0.2) is 5.96 Å². The lowest BCUT2D eigenvalue weighted by Crippen LogP contribution is -2.45. The van der Waals surface area contributed by atoms with Crippen LogP contribution in [0.25, 0.3) is 0 Å². The molecule has 2 saturated carbocycles. The second-order valence-corrected chi connectivity index (χ2v) is 6.46. The van der Waals surface area contributed by atoms with Gasteiger partial charge in [-0.15, -0.1) is 0 Å². The lowest BCUT2D eigenvalue weighted by molar-refractivity contribution is 0.321. The van der Waals surface area contributed by atoms with E-state index < -0.39 is 0 Å². The maximum Gasteiger partial charge on any atom is 0.191 e. The molecule has 0 spiro atoms. The van der Waals surface area contributed by atoms with Gasteiger partial charge in [-0.1, -0.05) is 12.8 Å². The van der Waals surface area contributed by atoms with E-state index in [0.717, 1.165) is 24.5 Å². The molecule has 3 rings (SSSR count). The molecule has 1 atom stereocenters. The van der Waals surface area contributed by atoms with Gasteiger partial charge in [-0.2, -0.15) is 0 Å². The maximum absolute atomic E-state index is 4.37. The summed E-state index contributed by atoms with van der Waals surface area (Å²) in [6, 6.07) is 1.50.